The van der Waals surface area contributed by atoms with E-state index >= 15 is 0 Å². The van der Waals surface area contributed by atoms with Gasteiger partial charge in [-0.15, -0.1) is 0 Å². The zero-order valence-electron chi connectivity index (χ0n) is 35.0. The molecule has 9 aromatic carbocycles. The first-order chi connectivity index (χ1) is 32.2. The molecule has 0 aliphatic rings. The van der Waals surface area contributed by atoms with Crippen molar-refractivity contribution in [1.29, 1.82) is 5.26 Å². The van der Waals surface area contributed by atoms with Crippen LogP contribution in [0.25, 0.3) is 116 Å². The summed E-state index contributed by atoms with van der Waals surface area (Å²) in [6, 6.07) is 78.7. The lowest BCUT2D eigenvalue weighted by Crippen LogP contribution is -2.01. The number of benzene rings is 9. The maximum absolute atomic E-state index is 11.3. The van der Waals surface area contributed by atoms with E-state index in [4.69, 9.17) is 9.97 Å². The number of hydrogen-bond acceptors (Lipinski definition) is 3. The highest BCUT2D eigenvalue weighted by Crippen LogP contribution is 2.50. The molecule has 4 heterocycles. The van der Waals surface area contributed by atoms with Crippen molar-refractivity contribution in [2.75, 3.05) is 0 Å². The summed E-state index contributed by atoms with van der Waals surface area (Å²) < 4.78 is 7.22. The van der Waals surface area contributed by atoms with Crippen molar-refractivity contribution in [3.63, 3.8) is 0 Å². The number of aromatic nitrogens is 5. The van der Waals surface area contributed by atoms with Gasteiger partial charge in [0.15, 0.2) is 5.82 Å². The molecule has 0 aliphatic carbocycles. The van der Waals surface area contributed by atoms with Gasteiger partial charge in [0.25, 0.3) is 0 Å². The molecule has 6 nitrogen and oxygen atoms in total. The quantitative estimate of drug-likeness (QED) is 0.168. The van der Waals surface area contributed by atoms with Crippen LogP contribution in [0.4, 0.5) is 0 Å². The summed E-state index contributed by atoms with van der Waals surface area (Å²) in [5.41, 5.74) is 14.3. The van der Waals surface area contributed by atoms with Gasteiger partial charge in [-0.3, -0.25) is 0 Å². The smallest absolute Gasteiger partial charge is 0.160 e. The molecular formula is C59H36N6. The van der Waals surface area contributed by atoms with Crippen molar-refractivity contribution in [2.45, 2.75) is 0 Å². The van der Waals surface area contributed by atoms with Gasteiger partial charge in [0.1, 0.15) is 6.07 Å². The SMILES string of the molecule is N#Cc1cc(-c2cc(-c3ccccc3)nc(-c3ccccc3)n2)ccc1-n1c2ccccc2c2c3c(c4ccccc4n3-c3ccccc3)c3c(c4ccccc4n3-c3ccccc3)c21. The van der Waals surface area contributed by atoms with Crippen molar-refractivity contribution >= 4 is 65.4 Å². The van der Waals surface area contributed by atoms with Crippen LogP contribution >= 0.6 is 0 Å². The Labute approximate surface area is 373 Å². The average Bonchev–Trinajstić information content (AvgIpc) is 4.03. The number of para-hydroxylation sites is 5. The second-order valence-corrected chi connectivity index (χ2v) is 16.4. The molecule has 0 amide bonds. The Kier molecular flexibility index (Phi) is 8.17. The van der Waals surface area contributed by atoms with Gasteiger partial charge in [-0.25, -0.2) is 9.97 Å². The van der Waals surface area contributed by atoms with Crippen LogP contribution in [0.5, 0.6) is 0 Å². The zero-order chi connectivity index (χ0) is 43.0. The molecule has 302 valence electrons. The minimum Gasteiger partial charge on any atom is -0.308 e. The molecule has 0 saturated carbocycles. The first-order valence-electron chi connectivity index (χ1n) is 21.8. The van der Waals surface area contributed by atoms with E-state index < -0.39 is 0 Å². The summed E-state index contributed by atoms with van der Waals surface area (Å²) in [6.45, 7) is 0. The summed E-state index contributed by atoms with van der Waals surface area (Å²) in [7, 11) is 0. The third-order valence-electron chi connectivity index (χ3n) is 12.8. The lowest BCUT2D eigenvalue weighted by atomic mass is 10.0. The van der Waals surface area contributed by atoms with E-state index in [0.29, 0.717) is 11.4 Å². The zero-order valence-corrected chi connectivity index (χ0v) is 35.0. The average molecular weight is 829 g/mol. The fourth-order valence-corrected chi connectivity index (χ4v) is 10.1. The molecule has 6 heteroatoms. The van der Waals surface area contributed by atoms with Crippen LogP contribution < -0.4 is 0 Å². The van der Waals surface area contributed by atoms with E-state index in [1.165, 1.54) is 10.8 Å². The molecule has 0 unspecified atom stereocenters. The standard InChI is InChI=1S/C59H36N6/c60-37-41-35-40(48-36-47(38-19-5-1-6-20-38)61-59(62-48)39-21-7-2-8-22-39)33-34-49(41)65-52-32-18-15-29-46(52)55-57-53(44-27-13-16-30-50(44)63(57)42-23-9-3-10-24-42)56-54(58(55)65)45-28-14-17-31-51(45)64(56)43-25-11-4-12-26-43/h1-36H. The Bertz CT molecular complexity index is 3920. The monoisotopic (exact) mass is 828 g/mol. The molecule has 65 heavy (non-hydrogen) atoms. The number of hydrogen-bond donors (Lipinski definition) is 0. The van der Waals surface area contributed by atoms with E-state index in [1.54, 1.807) is 0 Å². The van der Waals surface area contributed by atoms with Gasteiger partial charge in [-0.05, 0) is 60.7 Å². The first-order valence-corrected chi connectivity index (χ1v) is 21.8. The highest BCUT2D eigenvalue weighted by atomic mass is 15.0. The van der Waals surface area contributed by atoms with Gasteiger partial charge in [0.2, 0.25) is 0 Å². The summed E-state index contributed by atoms with van der Waals surface area (Å²) in [5.74, 6) is 0.627. The minimum atomic E-state index is 0.537. The Hall–Kier alpha value is -9.05. The van der Waals surface area contributed by atoms with Crippen LogP contribution in [0.2, 0.25) is 0 Å². The Morgan fingerprint density at radius 2 is 0.754 bits per heavy atom. The molecule has 0 saturated heterocycles. The van der Waals surface area contributed by atoms with Crippen LogP contribution in [-0.4, -0.2) is 23.7 Å². The van der Waals surface area contributed by atoms with E-state index in [0.717, 1.165) is 99.8 Å². The van der Waals surface area contributed by atoms with Gasteiger partial charge in [-0.2, -0.15) is 5.26 Å². The number of nitrogens with zero attached hydrogens (tertiary/aromatic N) is 6. The number of nitriles is 1. The number of rotatable bonds is 6. The highest BCUT2D eigenvalue weighted by molar-refractivity contribution is 6.40. The predicted molar refractivity (Wildman–Crippen MR) is 266 cm³/mol. The first kappa shape index (κ1) is 36.6. The maximum atomic E-state index is 11.3. The van der Waals surface area contributed by atoms with E-state index in [-0.39, 0.29) is 0 Å². The second kappa shape index (κ2) is 14.5. The molecule has 4 aromatic heterocycles. The lowest BCUT2D eigenvalue weighted by molar-refractivity contribution is 1.16. The van der Waals surface area contributed by atoms with Crippen LogP contribution in [0.1, 0.15) is 5.56 Å². The molecule has 0 aliphatic heterocycles. The van der Waals surface area contributed by atoms with Crippen LogP contribution in [0.3, 0.4) is 0 Å². The van der Waals surface area contributed by atoms with E-state index in [1.807, 2.05) is 60.7 Å². The molecule has 0 bridgehead atoms. The van der Waals surface area contributed by atoms with Crippen molar-refractivity contribution in [1.82, 2.24) is 23.7 Å². The molecule has 0 N–H and O–H groups in total. The molecule has 13 aromatic rings. The normalized spacial score (nSPS) is 11.7. The van der Waals surface area contributed by atoms with Crippen molar-refractivity contribution in [2.24, 2.45) is 0 Å². The fraction of sp³-hybridized carbons (Fsp3) is 0. The molecule has 0 radical (unpaired) electrons. The van der Waals surface area contributed by atoms with Gasteiger partial charge >= 0.3 is 0 Å². The summed E-state index contributed by atoms with van der Waals surface area (Å²) in [5, 5.41) is 18.1. The van der Waals surface area contributed by atoms with Gasteiger partial charge < -0.3 is 13.7 Å². The minimum absolute atomic E-state index is 0.537. The molecule has 0 fully saturated rings. The van der Waals surface area contributed by atoms with Crippen molar-refractivity contribution in [3.8, 4) is 57.0 Å². The Morgan fingerprint density at radius 1 is 0.354 bits per heavy atom. The van der Waals surface area contributed by atoms with Crippen LogP contribution in [0, 0.1) is 11.3 Å². The van der Waals surface area contributed by atoms with Crippen molar-refractivity contribution < 1.29 is 0 Å². The Morgan fingerprint density at radius 3 is 1.25 bits per heavy atom. The number of fused-ring (bicyclic) bond motifs is 12. The van der Waals surface area contributed by atoms with Gasteiger partial charge in [0.05, 0.1) is 55.7 Å². The van der Waals surface area contributed by atoms with E-state index in [2.05, 4.69) is 177 Å². The highest BCUT2D eigenvalue weighted by Gasteiger charge is 2.29. The predicted octanol–water partition coefficient (Wildman–Crippen LogP) is 14.6. The molecule has 13 rings (SSSR count). The Balaban J connectivity index is 1.19. The lowest BCUT2D eigenvalue weighted by Gasteiger charge is -2.15. The summed E-state index contributed by atoms with van der Waals surface area (Å²) >= 11 is 0. The van der Waals surface area contributed by atoms with Crippen molar-refractivity contribution in [3.05, 3.63) is 224 Å². The molecular weight excluding hydrogens is 793 g/mol. The second-order valence-electron chi connectivity index (χ2n) is 16.4. The van der Waals surface area contributed by atoms with Gasteiger partial charge in [0, 0.05) is 60.4 Å². The fourth-order valence-electron chi connectivity index (χ4n) is 10.1. The largest absolute Gasteiger partial charge is 0.308 e. The topological polar surface area (TPSA) is 64.4 Å². The summed E-state index contributed by atoms with van der Waals surface area (Å²) in [4.78, 5) is 10.2. The maximum Gasteiger partial charge on any atom is 0.160 e. The van der Waals surface area contributed by atoms with E-state index in [9.17, 15) is 5.26 Å². The van der Waals surface area contributed by atoms with Crippen LogP contribution in [0.15, 0.2) is 218 Å². The summed E-state index contributed by atoms with van der Waals surface area (Å²) in [6.07, 6.45) is 0. The molecule has 0 atom stereocenters. The van der Waals surface area contributed by atoms with Gasteiger partial charge in [-0.1, -0.05) is 158 Å². The van der Waals surface area contributed by atoms with Crippen LogP contribution in [-0.2, 0) is 0 Å². The third-order valence-corrected chi connectivity index (χ3v) is 12.8. The third kappa shape index (κ3) is 5.53. The molecule has 0 spiro atoms.